The maximum absolute atomic E-state index is 11.1. The standard InChI is InChI=1S/C11H8BrNO/c1-7(14)10-6-5-8-9(12)3-2-4-11(8)13-10/h2-6H,1H3. The van der Waals surface area contributed by atoms with Crippen molar-refractivity contribution >= 4 is 32.6 Å². The Morgan fingerprint density at radius 3 is 2.79 bits per heavy atom. The Balaban J connectivity index is 2.73. The Hall–Kier alpha value is -1.22. The van der Waals surface area contributed by atoms with Crippen molar-refractivity contribution in [3.63, 3.8) is 0 Å². The molecule has 1 heterocycles. The fourth-order valence-corrected chi connectivity index (χ4v) is 1.80. The molecule has 0 aliphatic rings. The molecule has 0 N–H and O–H groups in total. The number of rotatable bonds is 1. The molecule has 3 heteroatoms. The first-order valence-corrected chi connectivity index (χ1v) is 5.04. The van der Waals surface area contributed by atoms with E-state index >= 15 is 0 Å². The van der Waals surface area contributed by atoms with Gasteiger partial charge in [0.05, 0.1) is 5.52 Å². The van der Waals surface area contributed by atoms with Gasteiger partial charge in [0, 0.05) is 16.8 Å². The van der Waals surface area contributed by atoms with Crippen LogP contribution in [0.5, 0.6) is 0 Å². The molecule has 0 spiro atoms. The lowest BCUT2D eigenvalue weighted by Crippen LogP contribution is -1.96. The van der Waals surface area contributed by atoms with E-state index in [1.807, 2.05) is 24.3 Å². The second-order valence-electron chi connectivity index (χ2n) is 3.06. The van der Waals surface area contributed by atoms with Gasteiger partial charge >= 0.3 is 0 Å². The number of halogens is 1. The van der Waals surface area contributed by atoms with Gasteiger partial charge in [0.2, 0.25) is 0 Å². The number of ketones is 1. The van der Waals surface area contributed by atoms with E-state index in [0.717, 1.165) is 15.4 Å². The quantitative estimate of drug-likeness (QED) is 0.727. The zero-order valence-electron chi connectivity index (χ0n) is 7.62. The molecule has 1 aromatic heterocycles. The van der Waals surface area contributed by atoms with Gasteiger partial charge in [-0.25, -0.2) is 4.98 Å². The van der Waals surface area contributed by atoms with Gasteiger partial charge in [0.15, 0.2) is 5.78 Å². The molecule has 0 fully saturated rings. The molecule has 0 bridgehead atoms. The first-order chi connectivity index (χ1) is 6.68. The molecule has 0 saturated heterocycles. The lowest BCUT2D eigenvalue weighted by atomic mass is 10.2. The van der Waals surface area contributed by atoms with Gasteiger partial charge in [0.1, 0.15) is 5.69 Å². The number of aromatic nitrogens is 1. The Morgan fingerprint density at radius 1 is 1.29 bits per heavy atom. The molecule has 0 unspecified atom stereocenters. The van der Waals surface area contributed by atoms with Crippen molar-refractivity contribution in [1.82, 2.24) is 4.98 Å². The number of benzene rings is 1. The topological polar surface area (TPSA) is 30.0 Å². The summed E-state index contributed by atoms with van der Waals surface area (Å²) in [4.78, 5) is 15.4. The van der Waals surface area contributed by atoms with Crippen molar-refractivity contribution in [1.29, 1.82) is 0 Å². The molecule has 0 atom stereocenters. The van der Waals surface area contributed by atoms with E-state index in [-0.39, 0.29) is 5.78 Å². The van der Waals surface area contributed by atoms with Crippen molar-refractivity contribution in [3.8, 4) is 0 Å². The van der Waals surface area contributed by atoms with Crippen LogP contribution in [0.1, 0.15) is 17.4 Å². The molecule has 70 valence electrons. The van der Waals surface area contributed by atoms with Gasteiger partial charge in [0.25, 0.3) is 0 Å². The van der Waals surface area contributed by atoms with Crippen LogP contribution in [0, 0.1) is 0 Å². The number of Topliss-reactive ketones (excluding diaryl/α,β-unsaturated/α-hetero) is 1. The number of carbonyl (C=O) groups is 1. The van der Waals surface area contributed by atoms with E-state index in [1.54, 1.807) is 6.07 Å². The van der Waals surface area contributed by atoms with Crippen molar-refractivity contribution in [2.75, 3.05) is 0 Å². The number of hydrogen-bond acceptors (Lipinski definition) is 2. The monoisotopic (exact) mass is 249 g/mol. The van der Waals surface area contributed by atoms with Crippen LogP contribution in [-0.4, -0.2) is 10.8 Å². The molecule has 0 amide bonds. The van der Waals surface area contributed by atoms with E-state index < -0.39 is 0 Å². The number of carbonyl (C=O) groups excluding carboxylic acids is 1. The van der Waals surface area contributed by atoms with Crippen molar-refractivity contribution < 1.29 is 4.79 Å². The van der Waals surface area contributed by atoms with Gasteiger partial charge in [-0.1, -0.05) is 22.0 Å². The van der Waals surface area contributed by atoms with Crippen molar-refractivity contribution in [3.05, 3.63) is 40.5 Å². The van der Waals surface area contributed by atoms with Gasteiger partial charge in [-0.3, -0.25) is 4.79 Å². The molecule has 2 rings (SSSR count). The van der Waals surface area contributed by atoms with Crippen LogP contribution in [0.3, 0.4) is 0 Å². The van der Waals surface area contributed by atoms with E-state index in [9.17, 15) is 4.79 Å². The summed E-state index contributed by atoms with van der Waals surface area (Å²) in [6.07, 6.45) is 0. The van der Waals surface area contributed by atoms with E-state index in [4.69, 9.17) is 0 Å². The Kier molecular flexibility index (Phi) is 2.33. The predicted molar refractivity (Wildman–Crippen MR) is 59.4 cm³/mol. The van der Waals surface area contributed by atoms with E-state index in [0.29, 0.717) is 5.69 Å². The second kappa shape index (κ2) is 3.50. The largest absolute Gasteiger partial charge is 0.293 e. The summed E-state index contributed by atoms with van der Waals surface area (Å²) in [7, 11) is 0. The van der Waals surface area contributed by atoms with E-state index in [2.05, 4.69) is 20.9 Å². The molecule has 0 aliphatic heterocycles. The summed E-state index contributed by atoms with van der Waals surface area (Å²) >= 11 is 3.43. The van der Waals surface area contributed by atoms with Gasteiger partial charge in [-0.15, -0.1) is 0 Å². The highest BCUT2D eigenvalue weighted by molar-refractivity contribution is 9.10. The summed E-state index contributed by atoms with van der Waals surface area (Å²) in [5.41, 5.74) is 1.35. The fourth-order valence-electron chi connectivity index (χ4n) is 1.31. The van der Waals surface area contributed by atoms with Gasteiger partial charge < -0.3 is 0 Å². The predicted octanol–water partition coefficient (Wildman–Crippen LogP) is 3.20. The highest BCUT2D eigenvalue weighted by atomic mass is 79.9. The first kappa shape index (κ1) is 9.34. The minimum absolute atomic E-state index is 0.00752. The minimum Gasteiger partial charge on any atom is -0.293 e. The van der Waals surface area contributed by atoms with Crippen molar-refractivity contribution in [2.45, 2.75) is 6.92 Å². The molecule has 14 heavy (non-hydrogen) atoms. The lowest BCUT2D eigenvalue weighted by Gasteiger charge is -2.01. The third-order valence-corrected chi connectivity index (χ3v) is 2.73. The Bertz CT molecular complexity index is 508. The molecular formula is C11H8BrNO. The first-order valence-electron chi connectivity index (χ1n) is 4.25. The molecule has 2 nitrogen and oxygen atoms in total. The van der Waals surface area contributed by atoms with Crippen LogP contribution >= 0.6 is 15.9 Å². The zero-order chi connectivity index (χ0) is 10.1. The number of nitrogens with zero attached hydrogens (tertiary/aromatic N) is 1. The summed E-state index contributed by atoms with van der Waals surface area (Å²) in [5, 5.41) is 1.03. The maximum atomic E-state index is 11.1. The Labute approximate surface area is 90.1 Å². The maximum Gasteiger partial charge on any atom is 0.178 e. The molecule has 1 aromatic carbocycles. The van der Waals surface area contributed by atoms with Crippen molar-refractivity contribution in [2.24, 2.45) is 0 Å². The smallest absolute Gasteiger partial charge is 0.178 e. The summed E-state index contributed by atoms with van der Waals surface area (Å²) in [6, 6.07) is 9.41. The average Bonchev–Trinajstić information content (AvgIpc) is 2.17. The fraction of sp³-hybridized carbons (Fsp3) is 0.0909. The van der Waals surface area contributed by atoms with Crippen LogP contribution in [-0.2, 0) is 0 Å². The highest BCUT2D eigenvalue weighted by Gasteiger charge is 2.03. The second-order valence-corrected chi connectivity index (χ2v) is 3.91. The molecule has 2 aromatic rings. The molecule has 0 saturated carbocycles. The number of fused-ring (bicyclic) bond motifs is 1. The van der Waals surface area contributed by atoms with Crippen LogP contribution in [0.2, 0.25) is 0 Å². The average molecular weight is 250 g/mol. The summed E-state index contributed by atoms with van der Waals surface area (Å²) in [5.74, 6) is -0.00752. The summed E-state index contributed by atoms with van der Waals surface area (Å²) in [6.45, 7) is 1.52. The van der Waals surface area contributed by atoms with Crippen LogP contribution < -0.4 is 0 Å². The zero-order valence-corrected chi connectivity index (χ0v) is 9.21. The normalized spacial score (nSPS) is 10.4. The molecule has 0 aliphatic carbocycles. The highest BCUT2D eigenvalue weighted by Crippen LogP contribution is 2.22. The number of hydrogen-bond donors (Lipinski definition) is 0. The van der Waals surface area contributed by atoms with Crippen LogP contribution in [0.15, 0.2) is 34.8 Å². The van der Waals surface area contributed by atoms with Gasteiger partial charge in [-0.2, -0.15) is 0 Å². The van der Waals surface area contributed by atoms with Gasteiger partial charge in [-0.05, 0) is 24.3 Å². The SMILES string of the molecule is CC(=O)c1ccc2c(Br)cccc2n1. The van der Waals surface area contributed by atoms with E-state index in [1.165, 1.54) is 6.92 Å². The third-order valence-electron chi connectivity index (χ3n) is 2.04. The molecular weight excluding hydrogens is 242 g/mol. The van der Waals surface area contributed by atoms with Crippen LogP contribution in [0.25, 0.3) is 10.9 Å². The Morgan fingerprint density at radius 2 is 2.07 bits per heavy atom. The third kappa shape index (κ3) is 1.55. The summed E-state index contributed by atoms with van der Waals surface area (Å²) < 4.78 is 0.998. The lowest BCUT2D eigenvalue weighted by molar-refractivity contribution is 0.101. The molecule has 0 radical (unpaired) electrons. The minimum atomic E-state index is -0.00752. The van der Waals surface area contributed by atoms with Crippen LogP contribution in [0.4, 0.5) is 0 Å². The number of pyridine rings is 1.